The minimum Gasteiger partial charge on any atom is -0.381 e. The van der Waals surface area contributed by atoms with Crippen molar-refractivity contribution < 1.29 is 9.53 Å². The van der Waals surface area contributed by atoms with Crippen LogP contribution in [-0.2, 0) is 9.53 Å². The van der Waals surface area contributed by atoms with Crippen molar-refractivity contribution in [3.05, 3.63) is 0 Å². The van der Waals surface area contributed by atoms with E-state index < -0.39 is 0 Å². The van der Waals surface area contributed by atoms with Gasteiger partial charge in [0.05, 0.1) is 12.6 Å². The van der Waals surface area contributed by atoms with Crippen LogP contribution in [0.5, 0.6) is 0 Å². The Hall–Kier alpha value is -0.610. The van der Waals surface area contributed by atoms with Crippen LogP contribution in [0.2, 0.25) is 0 Å². The molecular weight excluding hydrogens is 216 g/mol. The Morgan fingerprint density at radius 1 is 1.47 bits per heavy atom. The number of nitrogens with zero attached hydrogens (tertiary/aromatic N) is 1. The van der Waals surface area contributed by atoms with E-state index in [9.17, 15) is 4.79 Å². The maximum Gasteiger partial charge on any atom is 0.236 e. The van der Waals surface area contributed by atoms with E-state index in [1.54, 1.807) is 7.11 Å². The van der Waals surface area contributed by atoms with Crippen LogP contribution in [0.25, 0.3) is 0 Å². The Morgan fingerprint density at radius 3 is 2.59 bits per heavy atom. The predicted molar refractivity (Wildman–Crippen MR) is 66.8 cm³/mol. The number of hydrogen-bond acceptors (Lipinski definition) is 3. The summed E-state index contributed by atoms with van der Waals surface area (Å²) >= 11 is 0. The van der Waals surface area contributed by atoms with Crippen LogP contribution < -0.4 is 5.32 Å². The lowest BCUT2D eigenvalue weighted by molar-refractivity contribution is -0.132. The molecule has 17 heavy (non-hydrogen) atoms. The maximum atomic E-state index is 11.9. The zero-order valence-corrected chi connectivity index (χ0v) is 11.3. The molecular formula is C13H24N2O2. The van der Waals surface area contributed by atoms with Crippen molar-refractivity contribution in [1.82, 2.24) is 10.2 Å². The third kappa shape index (κ3) is 2.47. The lowest BCUT2D eigenvalue weighted by Gasteiger charge is -2.51. The number of carbonyl (C=O) groups excluding carboxylic acids is 1. The van der Waals surface area contributed by atoms with E-state index in [0.29, 0.717) is 24.7 Å². The van der Waals surface area contributed by atoms with Crippen LogP contribution in [-0.4, -0.2) is 49.7 Å². The Morgan fingerprint density at radius 2 is 2.12 bits per heavy atom. The van der Waals surface area contributed by atoms with Gasteiger partial charge in [-0.25, -0.2) is 0 Å². The first-order valence-electron chi connectivity index (χ1n) is 6.48. The lowest BCUT2D eigenvalue weighted by Crippen LogP contribution is -2.61. The number of rotatable bonds is 5. The number of likely N-dealkylation sites (N-methyl/N-ethyl adjacent to an activating group) is 1. The van der Waals surface area contributed by atoms with Crippen molar-refractivity contribution in [3.63, 3.8) is 0 Å². The van der Waals surface area contributed by atoms with Gasteiger partial charge in [0.1, 0.15) is 0 Å². The molecule has 0 heterocycles. The molecule has 2 unspecified atom stereocenters. The summed E-state index contributed by atoms with van der Waals surface area (Å²) in [6.45, 7) is 4.84. The van der Waals surface area contributed by atoms with Crippen LogP contribution in [0.3, 0.4) is 0 Å². The van der Waals surface area contributed by atoms with Gasteiger partial charge >= 0.3 is 0 Å². The fourth-order valence-electron chi connectivity index (χ4n) is 2.63. The quantitative estimate of drug-likeness (QED) is 0.780. The predicted octanol–water partition coefficient (Wildman–Crippen LogP) is 1.01. The summed E-state index contributed by atoms with van der Waals surface area (Å²) in [6, 6.07) is 0.898. The molecule has 0 aromatic rings. The minimum absolute atomic E-state index is 0.132. The molecule has 2 fully saturated rings. The molecule has 2 aliphatic carbocycles. The van der Waals surface area contributed by atoms with E-state index in [4.69, 9.17) is 4.74 Å². The Balaban J connectivity index is 1.74. The monoisotopic (exact) mass is 240 g/mol. The molecule has 2 aliphatic rings. The summed E-state index contributed by atoms with van der Waals surface area (Å²) in [7, 11) is 3.67. The summed E-state index contributed by atoms with van der Waals surface area (Å²) in [5, 5.41) is 3.37. The molecule has 0 aromatic carbocycles. The number of ether oxygens (including phenoxy) is 1. The van der Waals surface area contributed by atoms with Gasteiger partial charge in [-0.05, 0) is 19.3 Å². The van der Waals surface area contributed by atoms with Gasteiger partial charge in [-0.2, -0.15) is 0 Å². The lowest BCUT2D eigenvalue weighted by atomic mass is 9.64. The van der Waals surface area contributed by atoms with E-state index in [1.807, 2.05) is 11.9 Å². The second kappa shape index (κ2) is 4.58. The average molecular weight is 240 g/mol. The van der Waals surface area contributed by atoms with E-state index in [-0.39, 0.29) is 11.3 Å². The van der Waals surface area contributed by atoms with E-state index in [2.05, 4.69) is 19.2 Å². The fourth-order valence-corrected chi connectivity index (χ4v) is 2.63. The van der Waals surface area contributed by atoms with Gasteiger partial charge < -0.3 is 15.0 Å². The third-order valence-corrected chi connectivity index (χ3v) is 4.45. The molecule has 0 aliphatic heterocycles. The standard InChI is InChI=1S/C13H24N2O2/c1-13(2)10(7-11(13)17-4)14-8-12(16)15(3)9-5-6-9/h9-11,14H,5-8H2,1-4H3. The summed E-state index contributed by atoms with van der Waals surface area (Å²) in [5.74, 6) is 0.212. The number of hydrogen-bond donors (Lipinski definition) is 1. The highest BCUT2D eigenvalue weighted by Gasteiger charge is 2.48. The van der Waals surface area contributed by atoms with Gasteiger partial charge in [0.2, 0.25) is 5.91 Å². The average Bonchev–Trinajstić information content (AvgIpc) is 3.10. The molecule has 1 amide bonds. The second-order valence-electron chi connectivity index (χ2n) is 5.95. The molecule has 0 saturated heterocycles. The van der Waals surface area contributed by atoms with Crippen LogP contribution in [0.15, 0.2) is 0 Å². The second-order valence-corrected chi connectivity index (χ2v) is 5.95. The summed E-state index contributed by atoms with van der Waals surface area (Å²) in [6.07, 6.45) is 3.66. The topological polar surface area (TPSA) is 41.6 Å². The Kier molecular flexibility index (Phi) is 3.46. The van der Waals surface area contributed by atoms with Gasteiger partial charge in [0, 0.05) is 31.7 Å². The molecule has 4 nitrogen and oxygen atoms in total. The molecule has 0 radical (unpaired) electrons. The number of methoxy groups -OCH3 is 1. The molecule has 2 atom stereocenters. The van der Waals surface area contributed by atoms with Crippen molar-refractivity contribution in [2.75, 3.05) is 20.7 Å². The first-order valence-corrected chi connectivity index (χ1v) is 6.48. The van der Waals surface area contributed by atoms with Crippen LogP contribution >= 0.6 is 0 Å². The highest BCUT2D eigenvalue weighted by Crippen LogP contribution is 2.42. The first kappa shape index (κ1) is 12.8. The minimum atomic E-state index is 0.132. The SMILES string of the molecule is COC1CC(NCC(=O)N(C)C2CC2)C1(C)C. The summed E-state index contributed by atoms with van der Waals surface area (Å²) < 4.78 is 5.40. The van der Waals surface area contributed by atoms with Crippen molar-refractivity contribution >= 4 is 5.91 Å². The van der Waals surface area contributed by atoms with Crippen molar-refractivity contribution in [1.29, 1.82) is 0 Å². The molecule has 0 spiro atoms. The highest BCUT2D eigenvalue weighted by molar-refractivity contribution is 5.78. The van der Waals surface area contributed by atoms with Crippen LogP contribution in [0, 0.1) is 5.41 Å². The molecule has 2 rings (SSSR count). The van der Waals surface area contributed by atoms with Gasteiger partial charge in [0.15, 0.2) is 0 Å². The molecule has 98 valence electrons. The van der Waals surface area contributed by atoms with Gasteiger partial charge in [0.25, 0.3) is 0 Å². The molecule has 0 bridgehead atoms. The van der Waals surface area contributed by atoms with Crippen molar-refractivity contribution in [2.24, 2.45) is 5.41 Å². The number of nitrogens with one attached hydrogen (secondary N) is 1. The Bertz CT molecular complexity index is 300. The normalized spacial score (nSPS) is 30.8. The van der Waals surface area contributed by atoms with E-state index in [0.717, 1.165) is 6.42 Å². The molecule has 4 heteroatoms. The number of amides is 1. The highest BCUT2D eigenvalue weighted by atomic mass is 16.5. The van der Waals surface area contributed by atoms with Gasteiger partial charge in [-0.3, -0.25) is 4.79 Å². The third-order valence-electron chi connectivity index (χ3n) is 4.45. The number of carbonyl (C=O) groups is 1. The maximum absolute atomic E-state index is 11.9. The molecule has 2 saturated carbocycles. The zero-order valence-electron chi connectivity index (χ0n) is 11.3. The van der Waals surface area contributed by atoms with Crippen molar-refractivity contribution in [2.45, 2.75) is 51.3 Å². The van der Waals surface area contributed by atoms with Crippen LogP contribution in [0.1, 0.15) is 33.1 Å². The summed E-state index contributed by atoms with van der Waals surface area (Å²) in [4.78, 5) is 13.7. The van der Waals surface area contributed by atoms with Crippen LogP contribution in [0.4, 0.5) is 0 Å². The van der Waals surface area contributed by atoms with Gasteiger partial charge in [-0.15, -0.1) is 0 Å². The fraction of sp³-hybridized carbons (Fsp3) is 0.923. The Labute approximate surface area is 104 Å². The smallest absolute Gasteiger partial charge is 0.236 e. The largest absolute Gasteiger partial charge is 0.381 e. The van der Waals surface area contributed by atoms with Gasteiger partial charge in [-0.1, -0.05) is 13.8 Å². The van der Waals surface area contributed by atoms with E-state index in [1.165, 1.54) is 12.8 Å². The zero-order chi connectivity index (χ0) is 12.6. The molecule has 1 N–H and O–H groups in total. The van der Waals surface area contributed by atoms with E-state index >= 15 is 0 Å². The first-order chi connectivity index (χ1) is 7.96. The summed E-state index contributed by atoms with van der Waals surface area (Å²) in [5.41, 5.74) is 0.132. The molecule has 0 aromatic heterocycles. The van der Waals surface area contributed by atoms with Crippen molar-refractivity contribution in [3.8, 4) is 0 Å².